The molecule has 0 fully saturated rings. The second-order valence-corrected chi connectivity index (χ2v) is 8.79. The van der Waals surface area contributed by atoms with E-state index in [1.165, 1.54) is 41.8 Å². The molecule has 0 saturated heterocycles. The minimum atomic E-state index is -4.58. The second-order valence-electron chi connectivity index (χ2n) is 8.79. The molecule has 0 spiro atoms. The highest BCUT2D eigenvalue weighted by Crippen LogP contribution is 2.44. The van der Waals surface area contributed by atoms with E-state index in [0.717, 1.165) is 6.07 Å². The molecule has 8 nitrogen and oxygen atoms in total. The largest absolute Gasteiger partial charge is 0.511 e. The van der Waals surface area contributed by atoms with Gasteiger partial charge in [0.15, 0.2) is 11.4 Å². The van der Waals surface area contributed by atoms with Crippen molar-refractivity contribution < 1.29 is 38.0 Å². The highest BCUT2D eigenvalue weighted by Gasteiger charge is 2.33. The van der Waals surface area contributed by atoms with Crippen molar-refractivity contribution >= 4 is 28.4 Å². The molecule has 5 aromatic rings. The average molecular weight is 547 g/mol. The van der Waals surface area contributed by atoms with Crippen LogP contribution in [0.5, 0.6) is 17.4 Å². The van der Waals surface area contributed by atoms with Gasteiger partial charge in [-0.3, -0.25) is 4.57 Å². The van der Waals surface area contributed by atoms with Gasteiger partial charge in [-0.1, -0.05) is 48.5 Å². The molecule has 1 aromatic heterocycles. The van der Waals surface area contributed by atoms with Crippen LogP contribution in [0.1, 0.15) is 11.1 Å². The smallest absolute Gasteiger partial charge is 0.505 e. The fourth-order valence-electron chi connectivity index (χ4n) is 4.40. The average Bonchev–Trinajstić information content (AvgIpc) is 3.18. The minimum absolute atomic E-state index is 0.00797. The van der Waals surface area contributed by atoms with Gasteiger partial charge in [-0.2, -0.15) is 13.2 Å². The van der Waals surface area contributed by atoms with Crippen molar-refractivity contribution in [2.24, 2.45) is 10.2 Å². The molecule has 0 atom stereocenters. The molecule has 0 saturated carbocycles. The Morgan fingerprint density at radius 3 is 2.40 bits per heavy atom. The first-order valence-corrected chi connectivity index (χ1v) is 11.8. The summed E-state index contributed by atoms with van der Waals surface area (Å²) in [6.45, 7) is 1.36. The fourth-order valence-corrected chi connectivity index (χ4v) is 4.40. The van der Waals surface area contributed by atoms with Gasteiger partial charge < -0.3 is 20.1 Å². The number of aryl methyl sites for hydroxylation is 1. The molecule has 0 amide bonds. The number of carbonyl (C=O) groups is 1. The van der Waals surface area contributed by atoms with Crippen LogP contribution in [0.4, 0.5) is 29.3 Å². The summed E-state index contributed by atoms with van der Waals surface area (Å²) in [7, 11) is 0. The maximum Gasteiger partial charge on any atom is 0.511 e. The summed E-state index contributed by atoms with van der Waals surface area (Å²) in [5, 5.41) is 39.6. The molecule has 0 aliphatic carbocycles. The molecule has 11 heteroatoms. The van der Waals surface area contributed by atoms with E-state index in [-0.39, 0.29) is 34.1 Å². The molecular weight excluding hydrogens is 527 g/mol. The third-order valence-electron chi connectivity index (χ3n) is 6.23. The number of hydrogen-bond acceptors (Lipinski definition) is 6. The van der Waals surface area contributed by atoms with Gasteiger partial charge in [0, 0.05) is 16.6 Å². The van der Waals surface area contributed by atoms with Gasteiger partial charge in [-0.05, 0) is 54.4 Å². The number of rotatable bonds is 5. The van der Waals surface area contributed by atoms with Crippen molar-refractivity contribution in [3.8, 4) is 34.2 Å². The SMILES string of the molecule is Cc1ccc(-n2c(O)c(N=Nc3cccc(-c4cccc(OC(=O)O)c4)c3O)c3ccccc32)cc1C(F)(F)F. The van der Waals surface area contributed by atoms with Gasteiger partial charge in [0.25, 0.3) is 0 Å². The van der Waals surface area contributed by atoms with Gasteiger partial charge in [0.05, 0.1) is 11.1 Å². The summed E-state index contributed by atoms with van der Waals surface area (Å²) >= 11 is 0. The zero-order chi connectivity index (χ0) is 28.6. The van der Waals surface area contributed by atoms with Crippen molar-refractivity contribution in [3.63, 3.8) is 0 Å². The summed E-state index contributed by atoms with van der Waals surface area (Å²) in [4.78, 5) is 10.9. The number of para-hydroxylation sites is 2. The number of hydrogen-bond donors (Lipinski definition) is 3. The van der Waals surface area contributed by atoms with Gasteiger partial charge >= 0.3 is 12.3 Å². The number of benzene rings is 4. The Kier molecular flexibility index (Phi) is 6.64. The Labute approximate surface area is 224 Å². The quantitative estimate of drug-likeness (QED) is 0.116. The summed E-state index contributed by atoms with van der Waals surface area (Å²) in [5.74, 6) is -0.648. The van der Waals surface area contributed by atoms with Gasteiger partial charge in [0.1, 0.15) is 11.4 Å². The number of alkyl halides is 3. The van der Waals surface area contributed by atoms with Crippen molar-refractivity contribution in [3.05, 3.63) is 96.1 Å². The van der Waals surface area contributed by atoms with Crippen LogP contribution >= 0.6 is 0 Å². The standard InChI is InChI=1S/C29H20F3N3O5/c1-16-12-13-18(15-22(16)29(30,31)32)35-24-11-3-2-8-21(24)25(27(35)37)34-33-23-10-5-9-20(26(23)36)17-6-4-7-19(14-17)40-28(38)39/h2-15,36-37H,1H3,(H,38,39). The Morgan fingerprint density at radius 2 is 1.65 bits per heavy atom. The number of ether oxygens (including phenoxy) is 1. The van der Waals surface area contributed by atoms with Crippen molar-refractivity contribution in [2.75, 3.05) is 0 Å². The minimum Gasteiger partial charge on any atom is -0.505 e. The maximum absolute atomic E-state index is 13.6. The molecule has 1 heterocycles. The highest BCUT2D eigenvalue weighted by atomic mass is 19.4. The van der Waals surface area contributed by atoms with E-state index >= 15 is 0 Å². The molecule has 40 heavy (non-hydrogen) atoms. The number of aromatic hydroxyl groups is 2. The van der Waals surface area contributed by atoms with Crippen LogP contribution in [0.2, 0.25) is 0 Å². The lowest BCUT2D eigenvalue weighted by Gasteiger charge is -2.14. The maximum atomic E-state index is 13.6. The molecule has 0 radical (unpaired) electrons. The summed E-state index contributed by atoms with van der Waals surface area (Å²) in [6.07, 6.45) is -6.06. The first-order valence-electron chi connectivity index (χ1n) is 11.8. The van der Waals surface area contributed by atoms with E-state index in [9.17, 15) is 28.2 Å². The number of fused-ring (bicyclic) bond motifs is 1. The second kappa shape index (κ2) is 10.1. The molecule has 0 aliphatic rings. The number of phenolic OH excluding ortho intramolecular Hbond substituents is 1. The number of carboxylic acid groups (broad SMARTS) is 1. The third kappa shape index (κ3) is 4.92. The Morgan fingerprint density at radius 1 is 0.900 bits per heavy atom. The Balaban J connectivity index is 1.58. The Hall–Kier alpha value is -5.32. The van der Waals surface area contributed by atoms with E-state index in [0.29, 0.717) is 22.0 Å². The first-order chi connectivity index (χ1) is 19.0. The zero-order valence-electron chi connectivity index (χ0n) is 20.7. The van der Waals surface area contributed by atoms with Crippen LogP contribution in [-0.4, -0.2) is 26.0 Å². The lowest BCUT2D eigenvalue weighted by molar-refractivity contribution is -0.138. The summed E-state index contributed by atoms with van der Waals surface area (Å²) < 4.78 is 46.7. The topological polar surface area (TPSA) is 117 Å². The summed E-state index contributed by atoms with van der Waals surface area (Å²) in [6, 6.07) is 21.1. The third-order valence-corrected chi connectivity index (χ3v) is 6.23. The monoisotopic (exact) mass is 547 g/mol. The molecule has 0 bridgehead atoms. The number of phenols is 1. The summed E-state index contributed by atoms with van der Waals surface area (Å²) in [5.41, 5.74) is 0.498. The van der Waals surface area contributed by atoms with Crippen LogP contribution in [0.25, 0.3) is 27.7 Å². The number of azo groups is 1. The van der Waals surface area contributed by atoms with E-state index in [1.807, 2.05) is 0 Å². The van der Waals surface area contributed by atoms with Gasteiger partial charge in [-0.25, -0.2) is 4.79 Å². The molecule has 202 valence electrons. The lowest BCUT2D eigenvalue weighted by Crippen LogP contribution is -2.08. The predicted octanol–water partition coefficient (Wildman–Crippen LogP) is 8.51. The molecule has 0 unspecified atom stereocenters. The van der Waals surface area contributed by atoms with E-state index in [2.05, 4.69) is 15.0 Å². The van der Waals surface area contributed by atoms with Crippen molar-refractivity contribution in [1.82, 2.24) is 4.57 Å². The Bertz CT molecular complexity index is 1790. The molecule has 4 aromatic carbocycles. The number of nitrogens with zero attached hydrogens (tertiary/aromatic N) is 3. The number of halogens is 3. The molecule has 0 aliphatic heterocycles. The van der Waals surface area contributed by atoms with E-state index in [1.54, 1.807) is 48.5 Å². The highest BCUT2D eigenvalue weighted by molar-refractivity contribution is 5.96. The zero-order valence-corrected chi connectivity index (χ0v) is 20.7. The van der Waals surface area contributed by atoms with Crippen LogP contribution in [0.15, 0.2) is 95.2 Å². The van der Waals surface area contributed by atoms with Gasteiger partial charge in [-0.15, -0.1) is 10.2 Å². The molecular formula is C29H20F3N3O5. The predicted molar refractivity (Wildman–Crippen MR) is 141 cm³/mol. The molecule has 3 N–H and O–H groups in total. The lowest BCUT2D eigenvalue weighted by atomic mass is 10.0. The molecule has 5 rings (SSSR count). The van der Waals surface area contributed by atoms with E-state index < -0.39 is 23.8 Å². The van der Waals surface area contributed by atoms with E-state index in [4.69, 9.17) is 5.11 Å². The normalized spacial score (nSPS) is 11.8. The van der Waals surface area contributed by atoms with Crippen molar-refractivity contribution in [2.45, 2.75) is 13.1 Å². The first kappa shape index (κ1) is 26.3. The van der Waals surface area contributed by atoms with Crippen molar-refractivity contribution in [1.29, 1.82) is 0 Å². The van der Waals surface area contributed by atoms with Crippen LogP contribution in [0.3, 0.4) is 0 Å². The fraction of sp³-hybridized carbons (Fsp3) is 0.0690. The number of aromatic nitrogens is 1. The van der Waals surface area contributed by atoms with Gasteiger partial charge in [0.2, 0.25) is 5.88 Å². The van der Waals surface area contributed by atoms with Crippen LogP contribution in [0, 0.1) is 6.92 Å². The van der Waals surface area contributed by atoms with Crippen LogP contribution in [-0.2, 0) is 6.18 Å². The van der Waals surface area contributed by atoms with Crippen LogP contribution < -0.4 is 4.74 Å².